The van der Waals surface area contributed by atoms with Gasteiger partial charge in [0.1, 0.15) is 15.8 Å². The van der Waals surface area contributed by atoms with Crippen LogP contribution in [-0.4, -0.2) is 35.4 Å². The Morgan fingerprint density at radius 2 is 1.60 bits per heavy atom. The number of carbonyl (C=O) groups excluding carboxylic acids is 1. The number of thioether (sulfide) groups is 1. The maximum absolute atomic E-state index is 12.1. The largest absolute Gasteiger partial charge is 0.493 e. The van der Waals surface area contributed by atoms with Crippen molar-refractivity contribution in [1.82, 2.24) is 4.90 Å². The van der Waals surface area contributed by atoms with Gasteiger partial charge in [0.15, 0.2) is 0 Å². The van der Waals surface area contributed by atoms with Crippen LogP contribution in [0.25, 0.3) is 6.08 Å². The third kappa shape index (κ3) is 5.86. The zero-order chi connectivity index (χ0) is 21.5. The fourth-order valence-electron chi connectivity index (χ4n) is 2.92. The summed E-state index contributed by atoms with van der Waals surface area (Å²) in [5, 5.41) is 0. The van der Waals surface area contributed by atoms with Crippen molar-refractivity contribution in [2.45, 2.75) is 32.6 Å². The number of nitrogens with zero attached hydrogens (tertiary/aromatic N) is 1. The van der Waals surface area contributed by atoms with Crippen molar-refractivity contribution in [3.63, 3.8) is 0 Å². The molecule has 0 aromatic heterocycles. The van der Waals surface area contributed by atoms with Crippen molar-refractivity contribution in [3.05, 3.63) is 64.6 Å². The summed E-state index contributed by atoms with van der Waals surface area (Å²) in [6, 6.07) is 16.0. The minimum Gasteiger partial charge on any atom is -0.493 e. The van der Waals surface area contributed by atoms with Gasteiger partial charge in [0.05, 0.1) is 18.1 Å². The van der Waals surface area contributed by atoms with Crippen molar-refractivity contribution in [3.8, 4) is 11.5 Å². The summed E-state index contributed by atoms with van der Waals surface area (Å²) < 4.78 is 12.2. The van der Waals surface area contributed by atoms with E-state index < -0.39 is 0 Å². The zero-order valence-corrected chi connectivity index (χ0v) is 19.2. The highest BCUT2D eigenvalue weighted by Gasteiger charge is 2.28. The van der Waals surface area contributed by atoms with Crippen LogP contribution in [0.4, 0.5) is 0 Å². The number of carbonyl (C=O) groups is 1. The van der Waals surface area contributed by atoms with Gasteiger partial charge in [-0.3, -0.25) is 9.69 Å². The fraction of sp³-hybridized carbons (Fsp3) is 0.333. The van der Waals surface area contributed by atoms with Gasteiger partial charge in [-0.25, -0.2) is 0 Å². The van der Waals surface area contributed by atoms with Crippen molar-refractivity contribution in [1.29, 1.82) is 0 Å². The molecule has 0 spiro atoms. The molecule has 4 nitrogen and oxygen atoms in total. The summed E-state index contributed by atoms with van der Waals surface area (Å²) >= 11 is 6.48. The van der Waals surface area contributed by atoms with E-state index in [1.54, 1.807) is 7.05 Å². The summed E-state index contributed by atoms with van der Waals surface area (Å²) in [7, 11) is 1.70. The lowest BCUT2D eigenvalue weighted by Crippen LogP contribution is -2.22. The van der Waals surface area contributed by atoms with Crippen LogP contribution < -0.4 is 9.47 Å². The van der Waals surface area contributed by atoms with Gasteiger partial charge in [0.25, 0.3) is 5.91 Å². The molecule has 30 heavy (non-hydrogen) atoms. The number of thiocarbonyl (C=S) groups is 1. The number of ether oxygens (including phenoxy) is 2. The summed E-state index contributed by atoms with van der Waals surface area (Å²) in [6.45, 7) is 5.63. The second-order valence-electron chi connectivity index (χ2n) is 7.24. The van der Waals surface area contributed by atoms with Crippen molar-refractivity contribution < 1.29 is 14.3 Å². The minimum atomic E-state index is -0.0557. The molecule has 1 aliphatic heterocycles. The van der Waals surface area contributed by atoms with Crippen LogP contribution in [0.5, 0.6) is 11.5 Å². The molecular formula is C24H27NO3S2. The molecule has 158 valence electrons. The smallest absolute Gasteiger partial charge is 0.265 e. The summed E-state index contributed by atoms with van der Waals surface area (Å²) in [6.07, 6.45) is 3.79. The second kappa shape index (κ2) is 10.6. The quantitative estimate of drug-likeness (QED) is 0.276. The molecule has 0 bridgehead atoms. The van der Waals surface area contributed by atoms with Crippen LogP contribution in [0.1, 0.15) is 43.7 Å². The van der Waals surface area contributed by atoms with E-state index in [4.69, 9.17) is 21.7 Å². The topological polar surface area (TPSA) is 38.8 Å². The van der Waals surface area contributed by atoms with Crippen molar-refractivity contribution >= 4 is 40.3 Å². The standard InChI is InChI=1S/C24H27NO3S2/c1-4-17(2)19-8-12-21(13-9-19)28-15-5-14-27-20-10-6-18(7-11-20)16-22-23(26)25(3)24(29)30-22/h6-13,16-17H,4-5,14-15H2,1-3H3/b22-16-/t17-/m1/s1. The first kappa shape index (κ1) is 22.4. The van der Waals surface area contributed by atoms with E-state index in [1.807, 2.05) is 42.5 Å². The molecule has 3 rings (SSSR count). The molecule has 6 heteroatoms. The molecular weight excluding hydrogens is 414 g/mol. The maximum Gasteiger partial charge on any atom is 0.265 e. The summed E-state index contributed by atoms with van der Waals surface area (Å²) in [5.74, 6) is 2.21. The lowest BCUT2D eigenvalue weighted by Gasteiger charge is -2.11. The first-order chi connectivity index (χ1) is 14.5. The Balaban J connectivity index is 1.40. The number of rotatable bonds is 9. The molecule has 1 saturated heterocycles. The van der Waals surface area contributed by atoms with E-state index >= 15 is 0 Å². The first-order valence-corrected chi connectivity index (χ1v) is 11.4. The van der Waals surface area contributed by atoms with Crippen LogP contribution in [0.3, 0.4) is 0 Å². The molecule has 0 radical (unpaired) electrons. The van der Waals surface area contributed by atoms with E-state index in [1.165, 1.54) is 22.2 Å². The predicted octanol–water partition coefficient (Wildman–Crippen LogP) is 5.88. The molecule has 1 amide bonds. The third-order valence-electron chi connectivity index (χ3n) is 5.05. The fourth-order valence-corrected chi connectivity index (χ4v) is 4.10. The van der Waals surface area contributed by atoms with Crippen LogP contribution in [-0.2, 0) is 4.79 Å². The average molecular weight is 442 g/mol. The summed E-state index contributed by atoms with van der Waals surface area (Å²) in [4.78, 5) is 14.2. The van der Waals surface area contributed by atoms with Gasteiger partial charge in [-0.05, 0) is 53.8 Å². The highest BCUT2D eigenvalue weighted by Crippen LogP contribution is 2.31. The summed E-state index contributed by atoms with van der Waals surface area (Å²) in [5.41, 5.74) is 2.29. The minimum absolute atomic E-state index is 0.0557. The Bertz CT molecular complexity index is 907. The number of benzene rings is 2. The Morgan fingerprint density at radius 3 is 2.10 bits per heavy atom. The van der Waals surface area contributed by atoms with E-state index in [9.17, 15) is 4.79 Å². The number of likely N-dealkylation sites (N-methyl/N-ethyl adjacent to an activating group) is 1. The number of amides is 1. The normalized spacial score (nSPS) is 16.2. The van der Waals surface area contributed by atoms with Crippen LogP contribution in [0.15, 0.2) is 53.4 Å². The van der Waals surface area contributed by atoms with E-state index in [0.717, 1.165) is 29.9 Å². The maximum atomic E-state index is 12.1. The van der Waals surface area contributed by atoms with Gasteiger partial charge >= 0.3 is 0 Å². The van der Waals surface area contributed by atoms with Crippen molar-refractivity contribution in [2.24, 2.45) is 0 Å². The van der Waals surface area contributed by atoms with Crippen LogP contribution >= 0.6 is 24.0 Å². The molecule has 1 heterocycles. The highest BCUT2D eigenvalue weighted by molar-refractivity contribution is 8.26. The van der Waals surface area contributed by atoms with Gasteiger partial charge in [-0.1, -0.05) is 62.1 Å². The molecule has 0 N–H and O–H groups in total. The van der Waals surface area contributed by atoms with Gasteiger partial charge in [-0.2, -0.15) is 0 Å². The van der Waals surface area contributed by atoms with Gasteiger partial charge in [0, 0.05) is 13.5 Å². The Morgan fingerprint density at radius 1 is 1.03 bits per heavy atom. The molecule has 2 aromatic rings. The van der Waals surface area contributed by atoms with E-state index in [-0.39, 0.29) is 5.91 Å². The van der Waals surface area contributed by atoms with E-state index in [0.29, 0.717) is 28.4 Å². The lowest BCUT2D eigenvalue weighted by atomic mass is 9.99. The van der Waals surface area contributed by atoms with Crippen LogP contribution in [0.2, 0.25) is 0 Å². The molecule has 0 unspecified atom stereocenters. The third-order valence-corrected chi connectivity index (χ3v) is 6.54. The van der Waals surface area contributed by atoms with Gasteiger partial charge < -0.3 is 9.47 Å². The molecule has 1 fully saturated rings. The van der Waals surface area contributed by atoms with E-state index in [2.05, 4.69) is 26.0 Å². The predicted molar refractivity (Wildman–Crippen MR) is 128 cm³/mol. The molecule has 2 aromatic carbocycles. The molecule has 1 aliphatic rings. The zero-order valence-electron chi connectivity index (χ0n) is 17.6. The Kier molecular flexibility index (Phi) is 7.94. The van der Waals surface area contributed by atoms with Crippen molar-refractivity contribution in [2.75, 3.05) is 20.3 Å². The lowest BCUT2D eigenvalue weighted by molar-refractivity contribution is -0.121. The Hall–Kier alpha value is -2.31. The number of hydrogen-bond donors (Lipinski definition) is 0. The first-order valence-electron chi connectivity index (χ1n) is 10.1. The number of hydrogen-bond acceptors (Lipinski definition) is 5. The van der Waals surface area contributed by atoms with Gasteiger partial charge in [0.2, 0.25) is 0 Å². The molecule has 0 saturated carbocycles. The van der Waals surface area contributed by atoms with Crippen LogP contribution in [0, 0.1) is 0 Å². The highest BCUT2D eigenvalue weighted by atomic mass is 32.2. The molecule has 0 aliphatic carbocycles. The average Bonchev–Trinajstić information content (AvgIpc) is 3.01. The SMILES string of the molecule is CC[C@@H](C)c1ccc(OCCCOc2ccc(/C=C3\SC(=S)N(C)C3=O)cc2)cc1. The Labute approximate surface area is 188 Å². The molecule has 1 atom stereocenters. The van der Waals surface area contributed by atoms with Gasteiger partial charge in [-0.15, -0.1) is 0 Å². The monoisotopic (exact) mass is 441 g/mol. The second-order valence-corrected chi connectivity index (χ2v) is 8.91.